The third-order valence-electron chi connectivity index (χ3n) is 6.40. The second kappa shape index (κ2) is 16.3. The summed E-state index contributed by atoms with van der Waals surface area (Å²) in [6.07, 6.45) is 20.5. The average molecular weight is 428 g/mol. The van der Waals surface area contributed by atoms with Crippen LogP contribution in [0.25, 0.3) is 10.9 Å². The zero-order chi connectivity index (χ0) is 22.2. The Balaban J connectivity index is 1.55. The van der Waals surface area contributed by atoms with Gasteiger partial charge in [0, 0.05) is 30.2 Å². The molecule has 31 heavy (non-hydrogen) atoms. The van der Waals surface area contributed by atoms with Gasteiger partial charge < -0.3 is 14.8 Å². The van der Waals surface area contributed by atoms with Crippen LogP contribution in [0.1, 0.15) is 96.0 Å². The maximum Gasteiger partial charge on any atom is 0.0483 e. The van der Waals surface area contributed by atoms with Gasteiger partial charge in [-0.15, -0.1) is 0 Å². The molecular formula is C28H49N3. The van der Waals surface area contributed by atoms with Crippen molar-refractivity contribution < 1.29 is 0 Å². The Bertz CT molecular complexity index is 689. The largest absolute Gasteiger partial charge is 0.347 e. The van der Waals surface area contributed by atoms with E-state index in [0.29, 0.717) is 0 Å². The molecule has 1 aromatic carbocycles. The molecular weight excluding hydrogens is 378 g/mol. The monoisotopic (exact) mass is 427 g/mol. The molecule has 1 aromatic heterocycles. The van der Waals surface area contributed by atoms with E-state index in [4.69, 9.17) is 0 Å². The summed E-state index contributed by atoms with van der Waals surface area (Å²) in [5.41, 5.74) is 2.82. The highest BCUT2D eigenvalue weighted by atomic mass is 15.1. The van der Waals surface area contributed by atoms with Gasteiger partial charge >= 0.3 is 0 Å². The maximum atomic E-state index is 3.70. The van der Waals surface area contributed by atoms with Gasteiger partial charge in [0.1, 0.15) is 0 Å². The lowest BCUT2D eigenvalue weighted by atomic mass is 10.1. The van der Waals surface area contributed by atoms with Gasteiger partial charge in [-0.3, -0.25) is 0 Å². The van der Waals surface area contributed by atoms with Gasteiger partial charge in [0.05, 0.1) is 0 Å². The second-order valence-corrected chi connectivity index (χ2v) is 9.59. The van der Waals surface area contributed by atoms with E-state index in [1.807, 2.05) is 0 Å². The van der Waals surface area contributed by atoms with E-state index < -0.39 is 0 Å². The predicted molar refractivity (Wildman–Crippen MR) is 138 cm³/mol. The Morgan fingerprint density at radius 2 is 1.39 bits per heavy atom. The molecule has 176 valence electrons. The quantitative estimate of drug-likeness (QED) is 0.236. The van der Waals surface area contributed by atoms with Gasteiger partial charge in [-0.25, -0.2) is 0 Å². The standard InChI is InChI=1S/C28H49N3/c1-4-5-6-7-8-9-10-11-12-13-14-17-21-29-24-26-25-31(23-18-22-30(2)3)28-20-16-15-19-27(26)28/h15-16,19-20,25,29H,4-14,17-18,21-24H2,1-3H3. The summed E-state index contributed by atoms with van der Waals surface area (Å²) in [5.74, 6) is 0. The zero-order valence-electron chi connectivity index (χ0n) is 20.8. The molecule has 1 N–H and O–H groups in total. The molecule has 0 fully saturated rings. The van der Waals surface area contributed by atoms with Crippen molar-refractivity contribution in [1.29, 1.82) is 0 Å². The van der Waals surface area contributed by atoms with Gasteiger partial charge in [-0.1, -0.05) is 95.8 Å². The number of para-hydroxylation sites is 1. The molecule has 0 aliphatic rings. The smallest absolute Gasteiger partial charge is 0.0483 e. The molecule has 1 heterocycles. The van der Waals surface area contributed by atoms with Crippen molar-refractivity contribution in [3.05, 3.63) is 36.0 Å². The minimum Gasteiger partial charge on any atom is -0.347 e. The molecule has 0 amide bonds. The van der Waals surface area contributed by atoms with Crippen molar-refractivity contribution in [3.8, 4) is 0 Å². The van der Waals surface area contributed by atoms with E-state index in [1.54, 1.807) is 0 Å². The van der Waals surface area contributed by atoms with E-state index in [0.717, 1.165) is 26.2 Å². The normalized spacial score (nSPS) is 11.7. The fourth-order valence-electron chi connectivity index (χ4n) is 4.52. The van der Waals surface area contributed by atoms with Crippen LogP contribution in [-0.4, -0.2) is 36.7 Å². The Morgan fingerprint density at radius 3 is 2.03 bits per heavy atom. The summed E-state index contributed by atoms with van der Waals surface area (Å²) in [6.45, 7) is 6.65. The van der Waals surface area contributed by atoms with Crippen LogP contribution in [0.3, 0.4) is 0 Å². The molecule has 0 bridgehead atoms. The summed E-state index contributed by atoms with van der Waals surface area (Å²) in [4.78, 5) is 2.27. The number of unbranched alkanes of at least 4 members (excludes halogenated alkanes) is 11. The van der Waals surface area contributed by atoms with Gasteiger partial charge in [0.2, 0.25) is 0 Å². The van der Waals surface area contributed by atoms with Crippen molar-refractivity contribution >= 4 is 10.9 Å². The van der Waals surface area contributed by atoms with Crippen LogP contribution in [0.15, 0.2) is 30.5 Å². The number of rotatable bonds is 19. The third kappa shape index (κ3) is 10.7. The summed E-state index contributed by atoms with van der Waals surface area (Å²) < 4.78 is 2.44. The number of fused-ring (bicyclic) bond motifs is 1. The van der Waals surface area contributed by atoms with Crippen LogP contribution in [0, 0.1) is 0 Å². The van der Waals surface area contributed by atoms with Crippen LogP contribution >= 0.6 is 0 Å². The van der Waals surface area contributed by atoms with E-state index in [1.165, 1.54) is 99.9 Å². The van der Waals surface area contributed by atoms with E-state index in [2.05, 4.69) is 66.3 Å². The number of benzene rings is 1. The molecule has 0 radical (unpaired) electrons. The third-order valence-corrected chi connectivity index (χ3v) is 6.40. The van der Waals surface area contributed by atoms with Crippen molar-refractivity contribution in [1.82, 2.24) is 14.8 Å². The highest BCUT2D eigenvalue weighted by molar-refractivity contribution is 5.83. The van der Waals surface area contributed by atoms with E-state index in [-0.39, 0.29) is 0 Å². The SMILES string of the molecule is CCCCCCCCCCCCCCNCc1cn(CCCN(C)C)c2ccccc12. The predicted octanol–water partition coefficient (Wildman–Crippen LogP) is 7.38. The number of hydrogen-bond donors (Lipinski definition) is 1. The first-order chi connectivity index (χ1) is 15.2. The lowest BCUT2D eigenvalue weighted by Crippen LogP contribution is -2.15. The Labute approximate surface area is 192 Å². The number of hydrogen-bond acceptors (Lipinski definition) is 2. The van der Waals surface area contributed by atoms with E-state index in [9.17, 15) is 0 Å². The number of nitrogens with zero attached hydrogens (tertiary/aromatic N) is 2. The minimum atomic E-state index is 0.985. The molecule has 0 unspecified atom stereocenters. The molecule has 2 aromatic rings. The van der Waals surface area contributed by atoms with Crippen LogP contribution in [-0.2, 0) is 13.1 Å². The van der Waals surface area contributed by atoms with Crippen LogP contribution in [0.5, 0.6) is 0 Å². The molecule has 0 aliphatic carbocycles. The summed E-state index contributed by atoms with van der Waals surface area (Å²) in [6, 6.07) is 8.87. The first-order valence-corrected chi connectivity index (χ1v) is 13.1. The highest BCUT2D eigenvalue weighted by Crippen LogP contribution is 2.21. The summed E-state index contributed by atoms with van der Waals surface area (Å²) in [7, 11) is 4.30. The van der Waals surface area contributed by atoms with Gasteiger partial charge in [-0.05, 0) is 51.7 Å². The van der Waals surface area contributed by atoms with Crippen LogP contribution in [0.2, 0.25) is 0 Å². The lowest BCUT2D eigenvalue weighted by Gasteiger charge is -2.10. The van der Waals surface area contributed by atoms with Crippen molar-refractivity contribution in [3.63, 3.8) is 0 Å². The molecule has 2 rings (SSSR count). The van der Waals surface area contributed by atoms with Gasteiger partial charge in [-0.2, -0.15) is 0 Å². The van der Waals surface area contributed by atoms with Crippen molar-refractivity contribution in [2.75, 3.05) is 27.2 Å². The number of aromatic nitrogens is 1. The molecule has 0 aliphatic heterocycles. The fourth-order valence-corrected chi connectivity index (χ4v) is 4.52. The fraction of sp³-hybridized carbons (Fsp3) is 0.714. The Morgan fingerprint density at radius 1 is 0.774 bits per heavy atom. The zero-order valence-corrected chi connectivity index (χ0v) is 20.8. The molecule has 0 saturated carbocycles. The molecule has 3 heteroatoms. The Hall–Kier alpha value is -1.32. The Kier molecular flexibility index (Phi) is 13.7. The lowest BCUT2D eigenvalue weighted by molar-refractivity contribution is 0.388. The molecule has 0 atom stereocenters. The van der Waals surface area contributed by atoms with E-state index >= 15 is 0 Å². The van der Waals surface area contributed by atoms with Crippen molar-refractivity contribution in [2.45, 2.75) is 103 Å². The minimum absolute atomic E-state index is 0.985. The van der Waals surface area contributed by atoms with Crippen LogP contribution < -0.4 is 5.32 Å². The maximum absolute atomic E-state index is 3.70. The first-order valence-electron chi connectivity index (χ1n) is 13.1. The molecule has 0 saturated heterocycles. The molecule has 3 nitrogen and oxygen atoms in total. The summed E-state index contributed by atoms with van der Waals surface area (Å²) >= 11 is 0. The van der Waals surface area contributed by atoms with Crippen molar-refractivity contribution in [2.24, 2.45) is 0 Å². The highest BCUT2D eigenvalue weighted by Gasteiger charge is 2.07. The van der Waals surface area contributed by atoms with Crippen LogP contribution in [0.4, 0.5) is 0 Å². The number of aryl methyl sites for hydroxylation is 1. The topological polar surface area (TPSA) is 20.2 Å². The van der Waals surface area contributed by atoms with Gasteiger partial charge in [0.15, 0.2) is 0 Å². The molecule has 0 spiro atoms. The summed E-state index contributed by atoms with van der Waals surface area (Å²) in [5, 5.41) is 5.11. The van der Waals surface area contributed by atoms with Gasteiger partial charge in [0.25, 0.3) is 0 Å². The second-order valence-electron chi connectivity index (χ2n) is 9.59. The average Bonchev–Trinajstić information content (AvgIpc) is 3.11. The first kappa shape index (κ1) is 25.9. The number of nitrogens with one attached hydrogen (secondary N) is 1.